The Kier molecular flexibility index (Phi) is 2.89. The van der Waals surface area contributed by atoms with Crippen LogP contribution in [0.2, 0.25) is 0 Å². The fraction of sp³-hybridized carbons (Fsp3) is 0.667. The van der Waals surface area contributed by atoms with Gasteiger partial charge in [0.15, 0.2) is 5.38 Å². The summed E-state index contributed by atoms with van der Waals surface area (Å²) in [5.41, 5.74) is 0. The molecule has 0 saturated heterocycles. The van der Waals surface area contributed by atoms with Gasteiger partial charge in [-0.2, -0.15) is 5.26 Å². The maximum absolute atomic E-state index is 9.54. The van der Waals surface area contributed by atoms with E-state index >= 15 is 0 Å². The van der Waals surface area contributed by atoms with E-state index in [1.165, 1.54) is 6.07 Å². The molecule has 44 valence electrons. The van der Waals surface area contributed by atoms with Gasteiger partial charge >= 0.3 is 0 Å². The summed E-state index contributed by atoms with van der Waals surface area (Å²) in [5.74, 6) is 0. The molecule has 1 unspecified atom stereocenters. The van der Waals surface area contributed by atoms with E-state index in [4.69, 9.17) is 16.9 Å². The third-order valence-electron chi connectivity index (χ3n) is 0.449. The van der Waals surface area contributed by atoms with Crippen molar-refractivity contribution < 1.29 is 4.92 Å². The summed E-state index contributed by atoms with van der Waals surface area (Å²) in [6.45, 7) is -0.488. The molecule has 8 heavy (non-hydrogen) atoms. The quantitative estimate of drug-likeness (QED) is 0.312. The highest BCUT2D eigenvalue weighted by atomic mass is 35.5. The van der Waals surface area contributed by atoms with Crippen LogP contribution in [0.4, 0.5) is 0 Å². The van der Waals surface area contributed by atoms with Crippen molar-refractivity contribution >= 4 is 11.6 Å². The summed E-state index contributed by atoms with van der Waals surface area (Å²) in [6, 6.07) is 1.52. The fourth-order valence-corrected chi connectivity index (χ4v) is 0.284. The van der Waals surface area contributed by atoms with Crippen molar-refractivity contribution in [3.8, 4) is 6.07 Å². The molecule has 0 fully saturated rings. The second-order valence-corrected chi connectivity index (χ2v) is 1.64. The van der Waals surface area contributed by atoms with E-state index in [9.17, 15) is 10.1 Å². The summed E-state index contributed by atoms with van der Waals surface area (Å²) in [5, 5.41) is 16.4. The predicted octanol–water partition coefficient (Wildman–Crippen LogP) is 0.394. The third-order valence-corrected chi connectivity index (χ3v) is 0.685. The molecule has 0 bridgehead atoms. The first kappa shape index (κ1) is 7.18. The first-order chi connectivity index (χ1) is 3.66. The van der Waals surface area contributed by atoms with Crippen LogP contribution in [0.1, 0.15) is 0 Å². The van der Waals surface area contributed by atoms with Crippen LogP contribution < -0.4 is 0 Å². The van der Waals surface area contributed by atoms with Crippen LogP contribution in [0.25, 0.3) is 0 Å². The van der Waals surface area contributed by atoms with Gasteiger partial charge in [-0.3, -0.25) is 10.1 Å². The average molecular weight is 135 g/mol. The Bertz CT molecular complexity index is 130. The summed E-state index contributed by atoms with van der Waals surface area (Å²) in [6.07, 6.45) is 0. The van der Waals surface area contributed by atoms with Gasteiger partial charge in [0.25, 0.3) is 0 Å². The minimum absolute atomic E-state index is 0.488. The molecule has 0 aliphatic heterocycles. The predicted molar refractivity (Wildman–Crippen MR) is 27.1 cm³/mol. The lowest BCUT2D eigenvalue weighted by Gasteiger charge is -1.87. The van der Waals surface area contributed by atoms with Crippen molar-refractivity contribution in [2.24, 2.45) is 0 Å². The number of rotatable bonds is 2. The Morgan fingerprint density at radius 1 is 2.00 bits per heavy atom. The van der Waals surface area contributed by atoms with Gasteiger partial charge in [0.05, 0.1) is 6.07 Å². The van der Waals surface area contributed by atoms with E-state index in [0.717, 1.165) is 0 Å². The van der Waals surface area contributed by atoms with E-state index < -0.39 is 16.8 Å². The highest BCUT2D eigenvalue weighted by Crippen LogP contribution is 1.91. The summed E-state index contributed by atoms with van der Waals surface area (Å²) >= 11 is 5.06. The Balaban J connectivity index is 3.43. The lowest BCUT2D eigenvalue weighted by molar-refractivity contribution is -0.477. The molecule has 0 N–H and O–H groups in total. The van der Waals surface area contributed by atoms with Crippen LogP contribution >= 0.6 is 11.6 Å². The van der Waals surface area contributed by atoms with Gasteiger partial charge in [-0.1, -0.05) is 11.6 Å². The second-order valence-electron chi connectivity index (χ2n) is 1.11. The van der Waals surface area contributed by atoms with Crippen molar-refractivity contribution in [1.82, 2.24) is 0 Å². The van der Waals surface area contributed by atoms with Crippen LogP contribution in [0.15, 0.2) is 0 Å². The van der Waals surface area contributed by atoms with E-state index in [2.05, 4.69) is 0 Å². The molecule has 1 atom stereocenters. The van der Waals surface area contributed by atoms with Crippen molar-refractivity contribution in [2.45, 2.75) is 5.38 Å². The fourth-order valence-electron chi connectivity index (χ4n) is 0.172. The average Bonchev–Trinajstić information content (AvgIpc) is 1.65. The number of nitrogens with zero attached hydrogens (tertiary/aromatic N) is 2. The number of halogens is 1. The number of hydrogen-bond donors (Lipinski definition) is 0. The van der Waals surface area contributed by atoms with Crippen LogP contribution in [0.3, 0.4) is 0 Å². The van der Waals surface area contributed by atoms with Gasteiger partial charge in [-0.25, -0.2) is 0 Å². The molecule has 5 heteroatoms. The van der Waals surface area contributed by atoms with Crippen LogP contribution in [0.5, 0.6) is 0 Å². The van der Waals surface area contributed by atoms with Crippen molar-refractivity contribution in [1.29, 1.82) is 5.26 Å². The molecule has 0 amide bonds. The van der Waals surface area contributed by atoms with Gasteiger partial charge in [-0.15, -0.1) is 0 Å². The molecule has 0 aliphatic carbocycles. The van der Waals surface area contributed by atoms with Crippen LogP contribution in [0, 0.1) is 21.4 Å². The molecule has 0 spiro atoms. The number of nitriles is 1. The molecule has 0 heterocycles. The topological polar surface area (TPSA) is 66.9 Å². The first-order valence-corrected chi connectivity index (χ1v) is 2.26. The lowest BCUT2D eigenvalue weighted by Crippen LogP contribution is -2.11. The largest absolute Gasteiger partial charge is 0.264 e. The molecule has 0 radical (unpaired) electrons. The molecule has 4 nitrogen and oxygen atoms in total. The molecular formula is C3H3ClN2O2. The highest BCUT2D eigenvalue weighted by Gasteiger charge is 2.08. The first-order valence-electron chi connectivity index (χ1n) is 1.82. The minimum atomic E-state index is -0.995. The lowest BCUT2D eigenvalue weighted by atomic mass is 10.5. The number of alkyl halides is 1. The van der Waals surface area contributed by atoms with Gasteiger partial charge in [0.1, 0.15) is 0 Å². The smallest absolute Gasteiger partial charge is 0.233 e. The monoisotopic (exact) mass is 134 g/mol. The molecule has 0 aromatic carbocycles. The van der Waals surface area contributed by atoms with E-state index in [1.54, 1.807) is 0 Å². The molecule has 0 aromatic rings. The second kappa shape index (κ2) is 3.22. The van der Waals surface area contributed by atoms with Crippen LogP contribution in [-0.2, 0) is 0 Å². The van der Waals surface area contributed by atoms with E-state index in [0.29, 0.717) is 0 Å². The zero-order valence-electron chi connectivity index (χ0n) is 3.87. The Hall–Kier alpha value is -0.820. The van der Waals surface area contributed by atoms with Crippen LogP contribution in [-0.4, -0.2) is 16.8 Å². The molecule has 0 saturated carbocycles. The standard InChI is InChI=1S/C3H3ClN2O2/c4-3(1-5)2-6(7)8/h3H,2H2. The van der Waals surface area contributed by atoms with Gasteiger partial charge in [0, 0.05) is 4.92 Å². The molecule has 0 aliphatic rings. The summed E-state index contributed by atoms with van der Waals surface area (Å²) in [4.78, 5) is 8.91. The van der Waals surface area contributed by atoms with Gasteiger partial charge < -0.3 is 0 Å². The zero-order valence-corrected chi connectivity index (χ0v) is 4.63. The molecule has 0 aromatic heterocycles. The third kappa shape index (κ3) is 3.37. The number of nitro groups is 1. The van der Waals surface area contributed by atoms with E-state index in [1.807, 2.05) is 0 Å². The Morgan fingerprint density at radius 3 is 2.62 bits per heavy atom. The minimum Gasteiger partial charge on any atom is -0.264 e. The zero-order chi connectivity index (χ0) is 6.57. The SMILES string of the molecule is N#CC(Cl)C[N+](=O)[O-]. The summed E-state index contributed by atoms with van der Waals surface area (Å²) in [7, 11) is 0. The summed E-state index contributed by atoms with van der Waals surface area (Å²) < 4.78 is 0. The number of hydrogen-bond acceptors (Lipinski definition) is 3. The normalized spacial score (nSPS) is 12.0. The maximum atomic E-state index is 9.54. The Morgan fingerprint density at radius 2 is 2.50 bits per heavy atom. The van der Waals surface area contributed by atoms with Crippen molar-refractivity contribution in [3.63, 3.8) is 0 Å². The van der Waals surface area contributed by atoms with E-state index in [-0.39, 0.29) is 0 Å². The van der Waals surface area contributed by atoms with Crippen molar-refractivity contribution in [2.75, 3.05) is 6.54 Å². The highest BCUT2D eigenvalue weighted by molar-refractivity contribution is 6.22. The van der Waals surface area contributed by atoms with Gasteiger partial charge in [-0.05, 0) is 0 Å². The van der Waals surface area contributed by atoms with Crippen molar-refractivity contribution in [3.05, 3.63) is 10.1 Å². The van der Waals surface area contributed by atoms with Gasteiger partial charge in [0.2, 0.25) is 6.54 Å². The maximum Gasteiger partial charge on any atom is 0.233 e. The molecule has 0 rings (SSSR count). The Labute approximate surface area is 50.8 Å². The molecular weight excluding hydrogens is 131 g/mol.